The van der Waals surface area contributed by atoms with Crippen LogP contribution in [-0.2, 0) is 0 Å². The number of thioether (sulfide) groups is 1. The SMILES string of the molecule is CCOc1cc(C(=O)N2CCSC(c3ccccc3Cl)CC2)cc(OCC)c1OCC. The molecule has 2 aromatic rings. The first-order valence-electron chi connectivity index (χ1n) is 10.8. The number of hydrogen-bond acceptors (Lipinski definition) is 5. The summed E-state index contributed by atoms with van der Waals surface area (Å²) in [5.41, 5.74) is 1.69. The van der Waals surface area contributed by atoms with E-state index in [9.17, 15) is 4.79 Å². The Morgan fingerprint density at radius 2 is 1.68 bits per heavy atom. The Bertz CT molecular complexity index is 865. The molecular weight excluding hydrogens is 434 g/mol. The Hall–Kier alpha value is -2.05. The van der Waals surface area contributed by atoms with Crippen LogP contribution in [0, 0.1) is 0 Å². The molecule has 0 bridgehead atoms. The monoisotopic (exact) mass is 463 g/mol. The van der Waals surface area contributed by atoms with Crippen LogP contribution in [0.15, 0.2) is 36.4 Å². The predicted molar refractivity (Wildman–Crippen MR) is 127 cm³/mol. The quantitative estimate of drug-likeness (QED) is 0.491. The van der Waals surface area contributed by atoms with Crippen LogP contribution >= 0.6 is 23.4 Å². The van der Waals surface area contributed by atoms with Gasteiger partial charge in [-0.3, -0.25) is 4.79 Å². The minimum Gasteiger partial charge on any atom is -0.490 e. The van der Waals surface area contributed by atoms with Gasteiger partial charge in [0.15, 0.2) is 11.5 Å². The van der Waals surface area contributed by atoms with Crippen molar-refractivity contribution >= 4 is 29.3 Å². The van der Waals surface area contributed by atoms with E-state index in [1.807, 2.05) is 55.6 Å². The molecule has 7 heteroatoms. The lowest BCUT2D eigenvalue weighted by molar-refractivity contribution is 0.0765. The van der Waals surface area contributed by atoms with Crippen molar-refractivity contribution in [3.8, 4) is 17.2 Å². The molecule has 31 heavy (non-hydrogen) atoms. The highest BCUT2D eigenvalue weighted by atomic mass is 35.5. The molecule has 0 saturated carbocycles. The van der Waals surface area contributed by atoms with E-state index < -0.39 is 0 Å². The van der Waals surface area contributed by atoms with Crippen LogP contribution in [-0.4, -0.2) is 49.5 Å². The minimum absolute atomic E-state index is 0.0228. The van der Waals surface area contributed by atoms with Crippen LogP contribution in [0.2, 0.25) is 5.02 Å². The fraction of sp³-hybridized carbons (Fsp3) is 0.458. The van der Waals surface area contributed by atoms with E-state index in [-0.39, 0.29) is 11.2 Å². The first-order chi connectivity index (χ1) is 15.1. The molecule has 3 rings (SSSR count). The van der Waals surface area contributed by atoms with Gasteiger partial charge in [-0.2, -0.15) is 11.8 Å². The van der Waals surface area contributed by atoms with E-state index in [0.717, 1.165) is 22.8 Å². The van der Waals surface area contributed by atoms with Gasteiger partial charge in [-0.05, 0) is 51.0 Å². The van der Waals surface area contributed by atoms with E-state index in [4.69, 9.17) is 25.8 Å². The van der Waals surface area contributed by atoms with Gasteiger partial charge in [-0.1, -0.05) is 29.8 Å². The number of amides is 1. The maximum absolute atomic E-state index is 13.4. The number of carbonyl (C=O) groups excluding carboxylic acids is 1. The standard InChI is InChI=1S/C24H30ClNO4S/c1-4-28-20-15-17(16-21(29-5-2)23(20)30-6-3)24(27)26-12-11-22(31-14-13-26)18-9-7-8-10-19(18)25/h7-10,15-16,22H,4-6,11-14H2,1-3H3. The second-order valence-corrected chi connectivity index (χ2v) is 8.78. The highest BCUT2D eigenvalue weighted by Gasteiger charge is 2.26. The molecule has 0 aliphatic carbocycles. The predicted octanol–water partition coefficient (Wildman–Crippen LogP) is 5.86. The van der Waals surface area contributed by atoms with E-state index >= 15 is 0 Å². The second-order valence-electron chi connectivity index (χ2n) is 7.06. The zero-order valence-electron chi connectivity index (χ0n) is 18.4. The summed E-state index contributed by atoms with van der Waals surface area (Å²) >= 11 is 8.26. The average molecular weight is 464 g/mol. The van der Waals surface area contributed by atoms with Crippen molar-refractivity contribution in [2.24, 2.45) is 0 Å². The third-order valence-electron chi connectivity index (χ3n) is 5.04. The smallest absolute Gasteiger partial charge is 0.254 e. The molecule has 1 saturated heterocycles. The molecule has 0 N–H and O–H groups in total. The molecule has 1 aliphatic rings. The van der Waals surface area contributed by atoms with Crippen LogP contribution < -0.4 is 14.2 Å². The van der Waals surface area contributed by atoms with Crippen LogP contribution in [0.25, 0.3) is 0 Å². The molecule has 0 aromatic heterocycles. The van der Waals surface area contributed by atoms with Gasteiger partial charge in [0.05, 0.1) is 19.8 Å². The van der Waals surface area contributed by atoms with Crippen LogP contribution in [0.3, 0.4) is 0 Å². The summed E-state index contributed by atoms with van der Waals surface area (Å²) in [5, 5.41) is 1.07. The summed E-state index contributed by atoms with van der Waals surface area (Å²) in [4.78, 5) is 15.3. The molecule has 1 amide bonds. The number of halogens is 1. The Labute approximate surface area is 194 Å². The number of benzene rings is 2. The van der Waals surface area contributed by atoms with E-state index in [2.05, 4.69) is 6.07 Å². The number of rotatable bonds is 8. The summed E-state index contributed by atoms with van der Waals surface area (Å²) in [6, 6.07) is 11.5. The van der Waals surface area contributed by atoms with Gasteiger partial charge < -0.3 is 19.1 Å². The van der Waals surface area contributed by atoms with Gasteiger partial charge in [0.1, 0.15) is 0 Å². The Balaban J connectivity index is 1.82. The summed E-state index contributed by atoms with van der Waals surface area (Å²) < 4.78 is 17.3. The van der Waals surface area contributed by atoms with Gasteiger partial charge in [0.25, 0.3) is 5.91 Å². The van der Waals surface area contributed by atoms with E-state index in [0.29, 0.717) is 55.7 Å². The molecule has 5 nitrogen and oxygen atoms in total. The zero-order valence-corrected chi connectivity index (χ0v) is 19.9. The summed E-state index contributed by atoms with van der Waals surface area (Å²) in [6.45, 7) is 8.52. The molecule has 0 spiro atoms. The van der Waals surface area contributed by atoms with Crippen molar-refractivity contribution in [2.75, 3.05) is 38.7 Å². The fourth-order valence-electron chi connectivity index (χ4n) is 3.65. The van der Waals surface area contributed by atoms with E-state index in [1.54, 1.807) is 12.1 Å². The third-order valence-corrected chi connectivity index (χ3v) is 6.69. The topological polar surface area (TPSA) is 48.0 Å². The average Bonchev–Trinajstić information content (AvgIpc) is 3.02. The molecule has 2 aromatic carbocycles. The Morgan fingerprint density at radius 1 is 1.03 bits per heavy atom. The maximum atomic E-state index is 13.4. The largest absolute Gasteiger partial charge is 0.490 e. The summed E-state index contributed by atoms with van der Waals surface area (Å²) in [7, 11) is 0. The van der Waals surface area contributed by atoms with Crippen LogP contribution in [0.1, 0.15) is 48.4 Å². The Morgan fingerprint density at radius 3 is 2.29 bits per heavy atom. The molecule has 0 radical (unpaired) electrons. The van der Waals surface area contributed by atoms with Crippen molar-refractivity contribution in [1.82, 2.24) is 4.90 Å². The van der Waals surface area contributed by atoms with Gasteiger partial charge >= 0.3 is 0 Å². The molecule has 168 valence electrons. The number of nitrogens with zero attached hydrogens (tertiary/aromatic N) is 1. The maximum Gasteiger partial charge on any atom is 0.254 e. The van der Waals surface area contributed by atoms with Gasteiger partial charge in [-0.25, -0.2) is 0 Å². The highest BCUT2D eigenvalue weighted by Crippen LogP contribution is 2.41. The second kappa shape index (κ2) is 11.5. The van der Waals surface area contributed by atoms with Gasteiger partial charge in [0, 0.05) is 34.7 Å². The lowest BCUT2D eigenvalue weighted by Gasteiger charge is -2.22. The first kappa shape index (κ1) is 23.6. The van der Waals surface area contributed by atoms with Crippen molar-refractivity contribution in [1.29, 1.82) is 0 Å². The number of ether oxygens (including phenoxy) is 3. The van der Waals surface area contributed by atoms with Crippen molar-refractivity contribution in [2.45, 2.75) is 32.4 Å². The normalized spacial score (nSPS) is 16.5. The fourth-order valence-corrected chi connectivity index (χ4v) is 5.25. The van der Waals surface area contributed by atoms with Crippen molar-refractivity contribution < 1.29 is 19.0 Å². The van der Waals surface area contributed by atoms with E-state index in [1.165, 1.54) is 0 Å². The molecular formula is C24H30ClNO4S. The zero-order chi connectivity index (χ0) is 22.2. The lowest BCUT2D eigenvalue weighted by atomic mass is 10.1. The lowest BCUT2D eigenvalue weighted by Crippen LogP contribution is -2.33. The molecule has 1 heterocycles. The third kappa shape index (κ3) is 5.80. The first-order valence-corrected chi connectivity index (χ1v) is 12.2. The molecule has 1 unspecified atom stereocenters. The summed E-state index contributed by atoms with van der Waals surface area (Å²) in [5.74, 6) is 2.46. The van der Waals surface area contributed by atoms with Gasteiger partial charge in [-0.15, -0.1) is 0 Å². The highest BCUT2D eigenvalue weighted by molar-refractivity contribution is 7.99. The van der Waals surface area contributed by atoms with Crippen molar-refractivity contribution in [3.63, 3.8) is 0 Å². The number of carbonyl (C=O) groups is 1. The number of hydrogen-bond donors (Lipinski definition) is 0. The van der Waals surface area contributed by atoms with Crippen LogP contribution in [0.4, 0.5) is 0 Å². The molecule has 1 atom stereocenters. The van der Waals surface area contributed by atoms with Gasteiger partial charge in [0.2, 0.25) is 5.75 Å². The summed E-state index contributed by atoms with van der Waals surface area (Å²) in [6.07, 6.45) is 0.855. The molecule has 1 fully saturated rings. The molecule has 1 aliphatic heterocycles. The Kier molecular flexibility index (Phi) is 8.79. The van der Waals surface area contributed by atoms with Crippen LogP contribution in [0.5, 0.6) is 17.2 Å². The minimum atomic E-state index is -0.0228. The van der Waals surface area contributed by atoms with Crippen molar-refractivity contribution in [3.05, 3.63) is 52.5 Å².